The van der Waals surface area contributed by atoms with Gasteiger partial charge in [0.2, 0.25) is 5.95 Å². The molecule has 1 radical (unpaired) electrons. The highest BCUT2D eigenvalue weighted by Gasteiger charge is 1.99. The maximum Gasteiger partial charge on any atom is 0.229 e. The molecule has 5 heteroatoms. The van der Waals surface area contributed by atoms with Gasteiger partial charge in [0.05, 0.1) is 13.3 Å². The van der Waals surface area contributed by atoms with Crippen LogP contribution in [0.25, 0.3) is 0 Å². The lowest BCUT2D eigenvalue weighted by Gasteiger charge is -2.06. The fourth-order valence-corrected chi connectivity index (χ4v) is 1.22. The molecule has 16 heavy (non-hydrogen) atoms. The number of aromatic nitrogens is 2. The summed E-state index contributed by atoms with van der Waals surface area (Å²) < 4.78 is 5.10. The third kappa shape index (κ3) is 2.38. The molecule has 0 saturated carbocycles. The van der Waals surface area contributed by atoms with Crippen molar-refractivity contribution >= 4 is 17.5 Å². The first-order valence-electron chi connectivity index (χ1n) is 4.69. The molecule has 0 amide bonds. The molecule has 1 heterocycles. The van der Waals surface area contributed by atoms with E-state index < -0.39 is 0 Å². The number of nitrogens with two attached hydrogens (primary N) is 1. The molecule has 5 nitrogen and oxygen atoms in total. The van der Waals surface area contributed by atoms with Crippen LogP contribution in [0.2, 0.25) is 0 Å². The largest absolute Gasteiger partial charge is 0.497 e. The molecule has 0 bridgehead atoms. The first-order valence-corrected chi connectivity index (χ1v) is 4.69. The third-order valence-electron chi connectivity index (χ3n) is 1.94. The molecular formula is C11H11N4O. The molecule has 1 aromatic heterocycles. The smallest absolute Gasteiger partial charge is 0.229 e. The van der Waals surface area contributed by atoms with Gasteiger partial charge in [0.1, 0.15) is 11.6 Å². The minimum absolute atomic E-state index is 0.375. The monoisotopic (exact) mass is 215 g/mol. The second-order valence-electron chi connectivity index (χ2n) is 3.10. The lowest BCUT2D eigenvalue weighted by Crippen LogP contribution is -1.99. The number of anilines is 3. The summed E-state index contributed by atoms with van der Waals surface area (Å²) in [6, 6.07) is 8.97. The maximum absolute atomic E-state index is 5.52. The summed E-state index contributed by atoms with van der Waals surface area (Å²) in [5.74, 6) is 1.55. The Morgan fingerprint density at radius 2 is 2.31 bits per heavy atom. The molecule has 0 unspecified atom stereocenters. The molecule has 81 valence electrons. The summed E-state index contributed by atoms with van der Waals surface area (Å²) in [4.78, 5) is 7.93. The Kier molecular flexibility index (Phi) is 2.86. The Bertz CT molecular complexity index is 487. The molecule has 1 aromatic carbocycles. The Morgan fingerprint density at radius 3 is 3.06 bits per heavy atom. The Morgan fingerprint density at radius 1 is 1.44 bits per heavy atom. The van der Waals surface area contributed by atoms with Crippen LogP contribution in [0.1, 0.15) is 0 Å². The topological polar surface area (TPSA) is 73.1 Å². The number of nitrogens with one attached hydrogen (secondary N) is 1. The Hall–Kier alpha value is -2.30. The summed E-state index contributed by atoms with van der Waals surface area (Å²) in [5.41, 5.74) is 6.35. The van der Waals surface area contributed by atoms with Crippen LogP contribution in [-0.4, -0.2) is 17.1 Å². The van der Waals surface area contributed by atoms with Gasteiger partial charge in [0.15, 0.2) is 0 Å². The summed E-state index contributed by atoms with van der Waals surface area (Å²) in [6.07, 6.45) is 2.65. The molecule has 0 atom stereocenters. The normalized spacial score (nSPS) is 9.81. The quantitative estimate of drug-likeness (QED) is 0.813. The number of hydrogen-bond donors (Lipinski definition) is 2. The zero-order valence-corrected chi connectivity index (χ0v) is 8.77. The summed E-state index contributed by atoms with van der Waals surface area (Å²) in [6.45, 7) is 0. The van der Waals surface area contributed by atoms with Crippen LogP contribution in [0.3, 0.4) is 0 Å². The van der Waals surface area contributed by atoms with Gasteiger partial charge in [-0.25, -0.2) is 4.98 Å². The molecule has 3 N–H and O–H groups in total. The number of ether oxygens (including phenoxy) is 1. The highest BCUT2D eigenvalue weighted by Crippen LogP contribution is 2.19. The van der Waals surface area contributed by atoms with Crippen LogP contribution in [0.4, 0.5) is 17.5 Å². The third-order valence-corrected chi connectivity index (χ3v) is 1.94. The van der Waals surface area contributed by atoms with E-state index in [1.54, 1.807) is 7.11 Å². The van der Waals surface area contributed by atoms with Crippen molar-refractivity contribution in [1.29, 1.82) is 0 Å². The van der Waals surface area contributed by atoms with Crippen LogP contribution in [0.15, 0.2) is 30.3 Å². The second kappa shape index (κ2) is 4.48. The van der Waals surface area contributed by atoms with Gasteiger partial charge < -0.3 is 15.8 Å². The molecule has 2 rings (SSSR count). The summed E-state index contributed by atoms with van der Waals surface area (Å²) in [5, 5.41) is 3.01. The lowest BCUT2D eigenvalue weighted by molar-refractivity contribution is 0.415. The van der Waals surface area contributed by atoms with E-state index in [9.17, 15) is 0 Å². The Labute approximate surface area is 93.3 Å². The number of benzene rings is 1. The zero-order valence-electron chi connectivity index (χ0n) is 8.77. The highest BCUT2D eigenvalue weighted by atomic mass is 16.5. The van der Waals surface area contributed by atoms with Gasteiger partial charge in [-0.1, -0.05) is 6.07 Å². The van der Waals surface area contributed by atoms with Gasteiger partial charge in [-0.3, -0.25) is 0 Å². The second-order valence-corrected chi connectivity index (χ2v) is 3.10. The molecule has 2 aromatic rings. The minimum atomic E-state index is 0.375. The van der Waals surface area contributed by atoms with Crippen molar-refractivity contribution in [3.8, 4) is 5.75 Å². The molecule has 0 spiro atoms. The molecule has 0 aliphatic heterocycles. The van der Waals surface area contributed by atoms with Crippen LogP contribution in [0, 0.1) is 6.20 Å². The number of rotatable bonds is 3. The van der Waals surface area contributed by atoms with Gasteiger partial charge in [0.25, 0.3) is 0 Å². The lowest BCUT2D eigenvalue weighted by atomic mass is 10.3. The first-order chi connectivity index (χ1) is 7.78. The fourth-order valence-electron chi connectivity index (χ4n) is 1.22. The van der Waals surface area contributed by atoms with Gasteiger partial charge in [-0.2, -0.15) is 4.98 Å². The molecule has 0 aliphatic carbocycles. The predicted molar refractivity (Wildman–Crippen MR) is 61.6 cm³/mol. The van der Waals surface area contributed by atoms with Gasteiger partial charge in [0, 0.05) is 17.8 Å². The number of nitrogens with zero attached hydrogens (tertiary/aromatic N) is 2. The van der Waals surface area contributed by atoms with Crippen LogP contribution >= 0.6 is 0 Å². The summed E-state index contributed by atoms with van der Waals surface area (Å²) >= 11 is 0. The molecular weight excluding hydrogens is 204 g/mol. The van der Waals surface area contributed by atoms with E-state index >= 15 is 0 Å². The van der Waals surface area contributed by atoms with E-state index in [4.69, 9.17) is 10.5 Å². The van der Waals surface area contributed by atoms with Crippen LogP contribution in [0.5, 0.6) is 5.75 Å². The van der Waals surface area contributed by atoms with Crippen LogP contribution in [-0.2, 0) is 0 Å². The van der Waals surface area contributed by atoms with E-state index in [1.165, 1.54) is 6.07 Å². The maximum atomic E-state index is 5.52. The standard InChI is InChI=1S/C11H11N4O/c1-16-9-4-2-3-8(7-9)14-11-13-6-5-10(12)15-11/h2-5,7H,1H3,(H3,12,13,14,15). The van der Waals surface area contributed by atoms with Gasteiger partial charge in [-0.05, 0) is 12.1 Å². The molecule has 0 saturated heterocycles. The van der Waals surface area contributed by atoms with E-state index in [0.29, 0.717) is 11.8 Å². The predicted octanol–water partition coefficient (Wildman–Crippen LogP) is 1.61. The Balaban J connectivity index is 2.20. The minimum Gasteiger partial charge on any atom is -0.497 e. The van der Waals surface area contributed by atoms with Gasteiger partial charge in [-0.15, -0.1) is 0 Å². The number of nitrogen functional groups attached to an aromatic ring is 1. The average molecular weight is 215 g/mol. The van der Waals surface area contributed by atoms with Crippen molar-refractivity contribution < 1.29 is 4.74 Å². The fraction of sp³-hybridized carbons (Fsp3) is 0.0909. The summed E-state index contributed by atoms with van der Waals surface area (Å²) in [7, 11) is 1.61. The van der Waals surface area contributed by atoms with E-state index in [0.717, 1.165) is 11.4 Å². The first kappa shape index (κ1) is 10.2. The molecule has 0 aliphatic rings. The highest BCUT2D eigenvalue weighted by molar-refractivity contribution is 5.56. The number of methoxy groups -OCH3 is 1. The van der Waals surface area contributed by atoms with Crippen molar-refractivity contribution in [2.24, 2.45) is 0 Å². The SMILES string of the molecule is COc1cccc(Nc2n[c]cc(N)n2)c1. The van der Waals surface area contributed by atoms with E-state index in [-0.39, 0.29) is 0 Å². The average Bonchev–Trinajstić information content (AvgIpc) is 2.29. The number of hydrogen-bond acceptors (Lipinski definition) is 5. The van der Waals surface area contributed by atoms with Crippen molar-refractivity contribution in [3.05, 3.63) is 36.5 Å². The molecule has 0 fully saturated rings. The van der Waals surface area contributed by atoms with Crippen LogP contribution < -0.4 is 15.8 Å². The van der Waals surface area contributed by atoms with E-state index in [1.807, 2.05) is 24.3 Å². The van der Waals surface area contributed by atoms with Gasteiger partial charge >= 0.3 is 0 Å². The van der Waals surface area contributed by atoms with Crippen molar-refractivity contribution in [2.75, 3.05) is 18.2 Å². The van der Waals surface area contributed by atoms with Crippen molar-refractivity contribution in [3.63, 3.8) is 0 Å². The van der Waals surface area contributed by atoms with Crippen molar-refractivity contribution in [1.82, 2.24) is 9.97 Å². The van der Waals surface area contributed by atoms with E-state index in [2.05, 4.69) is 21.5 Å². The zero-order chi connectivity index (χ0) is 11.4. The van der Waals surface area contributed by atoms with Crippen molar-refractivity contribution in [2.45, 2.75) is 0 Å².